The van der Waals surface area contributed by atoms with Gasteiger partial charge in [-0.1, -0.05) is 18.2 Å². The molecule has 3 aromatic rings. The molecular weight excluding hydrogens is 302 g/mol. The average molecular weight is 323 g/mol. The molecule has 1 aliphatic heterocycles. The highest BCUT2D eigenvalue weighted by Crippen LogP contribution is 2.28. The summed E-state index contributed by atoms with van der Waals surface area (Å²) in [6.45, 7) is 5.43. The Kier molecular flexibility index (Phi) is 4.10. The highest BCUT2D eigenvalue weighted by atomic mass is 32.1. The molecule has 2 aromatic heterocycles. The van der Waals surface area contributed by atoms with Crippen LogP contribution < -0.4 is 0 Å². The average Bonchev–Trinajstić information content (AvgIpc) is 3.11. The molecule has 4 rings (SSSR count). The Morgan fingerprint density at radius 1 is 1.22 bits per heavy atom. The molecule has 0 saturated carbocycles. The van der Waals surface area contributed by atoms with E-state index in [0.29, 0.717) is 5.92 Å². The molecule has 1 aliphatic rings. The second kappa shape index (κ2) is 6.38. The predicted molar refractivity (Wildman–Crippen MR) is 95.8 cm³/mol. The number of aryl methyl sites for hydroxylation is 1. The molecule has 1 fully saturated rings. The fourth-order valence-electron chi connectivity index (χ4n) is 3.47. The van der Waals surface area contributed by atoms with Crippen LogP contribution >= 0.6 is 11.3 Å². The Hall–Kier alpha value is -1.78. The zero-order valence-corrected chi connectivity index (χ0v) is 14.2. The van der Waals surface area contributed by atoms with E-state index in [1.165, 1.54) is 29.5 Å². The van der Waals surface area contributed by atoms with Gasteiger partial charge in [0.2, 0.25) is 0 Å². The monoisotopic (exact) mass is 323 g/mol. The summed E-state index contributed by atoms with van der Waals surface area (Å²) in [4.78, 5) is 11.8. The van der Waals surface area contributed by atoms with Crippen molar-refractivity contribution in [3.05, 3.63) is 58.2 Å². The maximum absolute atomic E-state index is 4.76. The van der Waals surface area contributed by atoms with Crippen LogP contribution in [0.4, 0.5) is 0 Å². The molecule has 0 N–H and O–H groups in total. The van der Waals surface area contributed by atoms with Gasteiger partial charge in [-0.05, 0) is 50.6 Å². The fraction of sp³-hybridized carbons (Fsp3) is 0.368. The number of likely N-dealkylation sites (tertiary alicyclic amines) is 1. The molecule has 0 atom stereocenters. The van der Waals surface area contributed by atoms with Crippen LogP contribution in [0, 0.1) is 6.92 Å². The van der Waals surface area contributed by atoms with Crippen LogP contribution in [-0.4, -0.2) is 28.0 Å². The van der Waals surface area contributed by atoms with E-state index < -0.39 is 0 Å². The minimum absolute atomic E-state index is 0.647. The lowest BCUT2D eigenvalue weighted by Gasteiger charge is -2.31. The minimum atomic E-state index is 0.647. The Labute approximate surface area is 141 Å². The molecule has 23 heavy (non-hydrogen) atoms. The summed E-state index contributed by atoms with van der Waals surface area (Å²) in [5.41, 5.74) is 6.85. The summed E-state index contributed by atoms with van der Waals surface area (Å²) >= 11 is 1.71. The van der Waals surface area contributed by atoms with Gasteiger partial charge in [-0.2, -0.15) is 0 Å². The first-order chi connectivity index (χ1) is 11.3. The standard InChI is InChI=1S/C19H21N3S/c1-14-17(10-16-4-2-3-5-18(16)21-14)11-22-8-6-15(7-9-22)19-12-23-13-20-19/h2-5,10,12-13,15H,6-9,11H2,1H3. The maximum Gasteiger partial charge on any atom is 0.0794 e. The summed E-state index contributed by atoms with van der Waals surface area (Å²) in [6, 6.07) is 10.7. The Balaban J connectivity index is 1.46. The molecule has 3 nitrogen and oxygen atoms in total. The number of nitrogens with zero attached hydrogens (tertiary/aromatic N) is 3. The second-order valence-electron chi connectivity index (χ2n) is 6.39. The quantitative estimate of drug-likeness (QED) is 0.716. The number of benzene rings is 1. The Bertz CT molecular complexity index is 789. The van der Waals surface area contributed by atoms with Crippen molar-refractivity contribution in [1.29, 1.82) is 0 Å². The Morgan fingerprint density at radius 2 is 2.04 bits per heavy atom. The number of hydrogen-bond acceptors (Lipinski definition) is 4. The minimum Gasteiger partial charge on any atom is -0.299 e. The van der Waals surface area contributed by atoms with Gasteiger partial charge < -0.3 is 0 Å². The van der Waals surface area contributed by atoms with Gasteiger partial charge in [0, 0.05) is 28.9 Å². The maximum atomic E-state index is 4.76. The number of aromatic nitrogens is 2. The zero-order chi connectivity index (χ0) is 15.6. The third-order valence-electron chi connectivity index (χ3n) is 4.87. The van der Waals surface area contributed by atoms with Crippen LogP contribution in [0.2, 0.25) is 0 Å². The van der Waals surface area contributed by atoms with Crippen LogP contribution in [0.3, 0.4) is 0 Å². The largest absolute Gasteiger partial charge is 0.299 e. The summed E-state index contributed by atoms with van der Waals surface area (Å²) in [7, 11) is 0. The number of hydrogen-bond donors (Lipinski definition) is 0. The smallest absolute Gasteiger partial charge is 0.0794 e. The first-order valence-electron chi connectivity index (χ1n) is 8.25. The topological polar surface area (TPSA) is 29.0 Å². The molecule has 0 amide bonds. The van der Waals surface area contributed by atoms with Gasteiger partial charge in [-0.25, -0.2) is 4.98 Å². The van der Waals surface area contributed by atoms with Crippen molar-refractivity contribution in [1.82, 2.24) is 14.9 Å². The molecule has 4 heteroatoms. The molecular formula is C19H21N3S. The summed E-state index contributed by atoms with van der Waals surface area (Å²) in [5, 5.41) is 3.45. The molecule has 0 aliphatic carbocycles. The van der Waals surface area contributed by atoms with Gasteiger partial charge in [0.15, 0.2) is 0 Å². The van der Waals surface area contributed by atoms with Crippen molar-refractivity contribution in [3.8, 4) is 0 Å². The highest BCUT2D eigenvalue weighted by molar-refractivity contribution is 7.07. The van der Waals surface area contributed by atoms with Crippen molar-refractivity contribution in [2.45, 2.75) is 32.2 Å². The van der Waals surface area contributed by atoms with Gasteiger partial charge in [-0.15, -0.1) is 11.3 Å². The molecule has 0 unspecified atom stereocenters. The number of fused-ring (bicyclic) bond motifs is 1. The van der Waals surface area contributed by atoms with Crippen molar-refractivity contribution >= 4 is 22.2 Å². The van der Waals surface area contributed by atoms with Crippen molar-refractivity contribution in [2.24, 2.45) is 0 Å². The molecule has 0 radical (unpaired) electrons. The van der Waals surface area contributed by atoms with Gasteiger partial charge in [0.25, 0.3) is 0 Å². The molecule has 1 aromatic carbocycles. The van der Waals surface area contributed by atoms with E-state index in [4.69, 9.17) is 4.98 Å². The van der Waals surface area contributed by atoms with E-state index in [0.717, 1.165) is 30.8 Å². The lowest BCUT2D eigenvalue weighted by molar-refractivity contribution is 0.203. The third-order valence-corrected chi connectivity index (χ3v) is 5.48. The number of rotatable bonds is 3. The molecule has 0 spiro atoms. The lowest BCUT2D eigenvalue weighted by atomic mass is 9.94. The number of pyridine rings is 1. The van der Waals surface area contributed by atoms with Gasteiger partial charge in [0.1, 0.15) is 0 Å². The number of para-hydroxylation sites is 1. The summed E-state index contributed by atoms with van der Waals surface area (Å²) in [6.07, 6.45) is 2.42. The third kappa shape index (κ3) is 3.14. The van der Waals surface area contributed by atoms with Gasteiger partial charge in [-0.3, -0.25) is 9.88 Å². The molecule has 0 bridgehead atoms. The molecule has 3 heterocycles. The van der Waals surface area contributed by atoms with Crippen molar-refractivity contribution in [2.75, 3.05) is 13.1 Å². The molecule has 118 valence electrons. The number of thiazole rings is 1. The van der Waals surface area contributed by atoms with E-state index in [-0.39, 0.29) is 0 Å². The van der Waals surface area contributed by atoms with Crippen molar-refractivity contribution in [3.63, 3.8) is 0 Å². The number of piperidine rings is 1. The van der Waals surface area contributed by atoms with Crippen LogP contribution in [0.15, 0.2) is 41.2 Å². The second-order valence-corrected chi connectivity index (χ2v) is 7.11. The van der Waals surface area contributed by atoms with Gasteiger partial charge in [0.05, 0.1) is 16.7 Å². The summed E-state index contributed by atoms with van der Waals surface area (Å²) < 4.78 is 0. The van der Waals surface area contributed by atoms with Gasteiger partial charge >= 0.3 is 0 Å². The molecule has 1 saturated heterocycles. The van der Waals surface area contributed by atoms with E-state index in [1.807, 2.05) is 5.51 Å². The normalized spacial score (nSPS) is 16.9. The fourth-order valence-corrected chi connectivity index (χ4v) is 4.10. The highest BCUT2D eigenvalue weighted by Gasteiger charge is 2.22. The van der Waals surface area contributed by atoms with E-state index in [1.54, 1.807) is 11.3 Å². The first kappa shape index (κ1) is 14.8. The Morgan fingerprint density at radius 3 is 2.83 bits per heavy atom. The summed E-state index contributed by atoms with van der Waals surface area (Å²) in [5.74, 6) is 0.647. The van der Waals surface area contributed by atoms with Crippen LogP contribution in [-0.2, 0) is 6.54 Å². The lowest BCUT2D eigenvalue weighted by Crippen LogP contribution is -2.32. The van der Waals surface area contributed by atoms with E-state index >= 15 is 0 Å². The van der Waals surface area contributed by atoms with Crippen LogP contribution in [0.25, 0.3) is 10.9 Å². The first-order valence-corrected chi connectivity index (χ1v) is 9.19. The predicted octanol–water partition coefficient (Wildman–Crippen LogP) is 4.38. The zero-order valence-electron chi connectivity index (χ0n) is 13.4. The van der Waals surface area contributed by atoms with E-state index in [9.17, 15) is 0 Å². The SMILES string of the molecule is Cc1nc2ccccc2cc1CN1CCC(c2cscn2)CC1. The van der Waals surface area contributed by atoms with Crippen molar-refractivity contribution < 1.29 is 0 Å². The van der Waals surface area contributed by atoms with E-state index in [2.05, 4.69) is 52.5 Å². The van der Waals surface area contributed by atoms with Crippen LogP contribution in [0.1, 0.15) is 35.7 Å². The van der Waals surface area contributed by atoms with Crippen LogP contribution in [0.5, 0.6) is 0 Å².